The third-order valence-electron chi connectivity index (χ3n) is 3.04. The number of hydrogen-bond donors (Lipinski definition) is 2. The summed E-state index contributed by atoms with van der Waals surface area (Å²) in [6.45, 7) is -0.212. The minimum Gasteiger partial charge on any atom is -0.299 e. The fraction of sp³-hybridized carbons (Fsp3) is 0.0667. The Bertz CT molecular complexity index is 860. The number of anilines is 1. The van der Waals surface area contributed by atoms with Gasteiger partial charge in [-0.3, -0.25) is 20.4 Å². The van der Waals surface area contributed by atoms with Gasteiger partial charge in [0.2, 0.25) is 0 Å². The number of carbonyl (C=O) groups excluding carboxylic acids is 1. The van der Waals surface area contributed by atoms with Crippen LogP contribution < -0.4 is 16.4 Å². The number of benzene rings is 2. The Kier molecular flexibility index (Phi) is 3.78. The summed E-state index contributed by atoms with van der Waals surface area (Å²) < 4.78 is 1.03. The monoisotopic (exact) mass is 295 g/mol. The van der Waals surface area contributed by atoms with Gasteiger partial charge in [-0.05, 0) is 24.3 Å². The van der Waals surface area contributed by atoms with E-state index in [1.54, 1.807) is 24.3 Å². The molecule has 0 aliphatic heterocycles. The molecule has 110 valence electrons. The van der Waals surface area contributed by atoms with Crippen LogP contribution in [0.5, 0.6) is 0 Å². The zero-order valence-corrected chi connectivity index (χ0v) is 11.6. The van der Waals surface area contributed by atoms with Gasteiger partial charge in [0, 0.05) is 0 Å². The predicted octanol–water partition coefficient (Wildman–Crippen LogP) is 0.935. The van der Waals surface area contributed by atoms with E-state index < -0.39 is 5.91 Å². The van der Waals surface area contributed by atoms with Gasteiger partial charge in [-0.1, -0.05) is 35.5 Å². The lowest BCUT2D eigenvalue weighted by Gasteiger charge is -2.08. The normalized spacial score (nSPS) is 10.4. The highest BCUT2D eigenvalue weighted by Gasteiger charge is 2.08. The number of hydrazine groups is 1. The molecule has 0 fully saturated rings. The molecule has 1 amide bonds. The summed E-state index contributed by atoms with van der Waals surface area (Å²) in [7, 11) is 0. The average Bonchev–Trinajstić information content (AvgIpc) is 2.57. The standard InChI is InChI=1S/C15H13N5O2/c21-14(18-16-11-6-2-1-3-7-11)10-20-15(22)12-8-4-5-9-13(12)17-19-20/h1-9,16H,10H2,(H,18,21). The lowest BCUT2D eigenvalue weighted by atomic mass is 10.2. The third-order valence-corrected chi connectivity index (χ3v) is 3.04. The Morgan fingerprint density at radius 2 is 1.77 bits per heavy atom. The van der Waals surface area contributed by atoms with Gasteiger partial charge < -0.3 is 0 Å². The largest absolute Gasteiger partial charge is 0.299 e. The van der Waals surface area contributed by atoms with Crippen molar-refractivity contribution in [1.29, 1.82) is 0 Å². The van der Waals surface area contributed by atoms with E-state index in [-0.39, 0.29) is 12.1 Å². The molecule has 0 unspecified atom stereocenters. The van der Waals surface area contributed by atoms with Crippen LogP contribution in [0, 0.1) is 0 Å². The van der Waals surface area contributed by atoms with E-state index in [1.165, 1.54) is 0 Å². The number of hydrogen-bond acceptors (Lipinski definition) is 5. The molecule has 0 atom stereocenters. The molecule has 0 aliphatic rings. The summed E-state index contributed by atoms with van der Waals surface area (Å²) >= 11 is 0. The van der Waals surface area contributed by atoms with Crippen LogP contribution >= 0.6 is 0 Å². The molecule has 0 spiro atoms. The Morgan fingerprint density at radius 1 is 1.05 bits per heavy atom. The summed E-state index contributed by atoms with van der Waals surface area (Å²) in [6, 6.07) is 16.0. The van der Waals surface area contributed by atoms with Crippen molar-refractivity contribution in [1.82, 2.24) is 20.4 Å². The first-order valence-electron chi connectivity index (χ1n) is 6.66. The maximum absolute atomic E-state index is 12.2. The van der Waals surface area contributed by atoms with E-state index in [0.29, 0.717) is 10.9 Å². The van der Waals surface area contributed by atoms with Gasteiger partial charge in [0.15, 0.2) is 0 Å². The fourth-order valence-corrected chi connectivity index (χ4v) is 1.97. The topological polar surface area (TPSA) is 88.9 Å². The zero-order chi connectivity index (χ0) is 15.4. The Balaban J connectivity index is 1.72. The first kappa shape index (κ1) is 13.7. The first-order chi connectivity index (χ1) is 10.7. The first-order valence-corrected chi connectivity index (χ1v) is 6.66. The number of carbonyl (C=O) groups is 1. The lowest BCUT2D eigenvalue weighted by Crippen LogP contribution is -2.36. The van der Waals surface area contributed by atoms with Gasteiger partial charge in [0.25, 0.3) is 11.5 Å². The maximum Gasteiger partial charge on any atom is 0.278 e. The van der Waals surface area contributed by atoms with Crippen molar-refractivity contribution in [3.8, 4) is 0 Å². The van der Waals surface area contributed by atoms with Crippen LogP contribution in [-0.4, -0.2) is 20.9 Å². The second-order valence-corrected chi connectivity index (χ2v) is 4.61. The van der Waals surface area contributed by atoms with Crippen molar-refractivity contribution < 1.29 is 4.79 Å². The predicted molar refractivity (Wildman–Crippen MR) is 82.0 cm³/mol. The molecular formula is C15H13N5O2. The number of rotatable bonds is 4. The molecule has 2 aromatic carbocycles. The molecule has 22 heavy (non-hydrogen) atoms. The second kappa shape index (κ2) is 6.04. The lowest BCUT2D eigenvalue weighted by molar-refractivity contribution is -0.121. The van der Waals surface area contributed by atoms with Crippen LogP contribution in [0.3, 0.4) is 0 Å². The van der Waals surface area contributed by atoms with Crippen molar-refractivity contribution in [2.75, 3.05) is 5.43 Å². The SMILES string of the molecule is O=C(Cn1nnc2ccccc2c1=O)NNc1ccccc1. The zero-order valence-electron chi connectivity index (χ0n) is 11.6. The molecule has 1 heterocycles. The molecule has 2 N–H and O–H groups in total. The van der Waals surface area contributed by atoms with Crippen LogP contribution in [-0.2, 0) is 11.3 Å². The van der Waals surface area contributed by atoms with Crippen molar-refractivity contribution in [2.24, 2.45) is 0 Å². The molecule has 0 saturated carbocycles. The smallest absolute Gasteiger partial charge is 0.278 e. The number of amides is 1. The van der Waals surface area contributed by atoms with E-state index in [0.717, 1.165) is 10.4 Å². The van der Waals surface area contributed by atoms with Gasteiger partial charge >= 0.3 is 0 Å². The summed E-state index contributed by atoms with van der Waals surface area (Å²) in [5, 5.41) is 8.12. The molecule has 0 radical (unpaired) electrons. The van der Waals surface area contributed by atoms with Crippen molar-refractivity contribution in [3.05, 3.63) is 65.0 Å². The van der Waals surface area contributed by atoms with Crippen molar-refractivity contribution in [2.45, 2.75) is 6.54 Å². The van der Waals surface area contributed by atoms with Gasteiger partial charge in [-0.15, -0.1) is 5.10 Å². The summed E-state index contributed by atoms with van der Waals surface area (Å²) in [5.74, 6) is -0.393. The van der Waals surface area contributed by atoms with E-state index in [1.807, 2.05) is 30.3 Å². The fourth-order valence-electron chi connectivity index (χ4n) is 1.97. The van der Waals surface area contributed by atoms with E-state index >= 15 is 0 Å². The minimum atomic E-state index is -0.393. The van der Waals surface area contributed by atoms with E-state index in [4.69, 9.17) is 0 Å². The number of fused-ring (bicyclic) bond motifs is 1. The second-order valence-electron chi connectivity index (χ2n) is 4.61. The molecular weight excluding hydrogens is 282 g/mol. The highest BCUT2D eigenvalue weighted by molar-refractivity contribution is 5.79. The van der Waals surface area contributed by atoms with Gasteiger partial charge in [-0.25, -0.2) is 4.68 Å². The van der Waals surface area contributed by atoms with Crippen LogP contribution in [0.15, 0.2) is 59.4 Å². The van der Waals surface area contributed by atoms with Crippen molar-refractivity contribution in [3.63, 3.8) is 0 Å². The number of nitrogens with one attached hydrogen (secondary N) is 2. The number of nitrogens with zero attached hydrogens (tertiary/aromatic N) is 3. The molecule has 3 aromatic rings. The van der Waals surface area contributed by atoms with Gasteiger partial charge in [-0.2, -0.15) is 0 Å². The molecule has 7 nitrogen and oxygen atoms in total. The van der Waals surface area contributed by atoms with Crippen LogP contribution in [0.4, 0.5) is 5.69 Å². The Hall–Kier alpha value is -3.22. The summed E-state index contributed by atoms with van der Waals surface area (Å²) in [5.41, 5.74) is 6.17. The van der Waals surface area contributed by atoms with Crippen LogP contribution in [0.2, 0.25) is 0 Å². The highest BCUT2D eigenvalue weighted by atomic mass is 16.2. The van der Waals surface area contributed by atoms with Gasteiger partial charge in [0.05, 0.1) is 11.1 Å². The van der Waals surface area contributed by atoms with Crippen LogP contribution in [0.25, 0.3) is 10.9 Å². The summed E-state index contributed by atoms with van der Waals surface area (Å²) in [6.07, 6.45) is 0. The maximum atomic E-state index is 12.2. The molecule has 0 aliphatic carbocycles. The van der Waals surface area contributed by atoms with E-state index in [2.05, 4.69) is 21.2 Å². The summed E-state index contributed by atoms with van der Waals surface area (Å²) in [4.78, 5) is 24.1. The molecule has 0 saturated heterocycles. The minimum absolute atomic E-state index is 0.212. The molecule has 3 rings (SSSR count). The van der Waals surface area contributed by atoms with Crippen molar-refractivity contribution >= 4 is 22.5 Å². The van der Waals surface area contributed by atoms with E-state index in [9.17, 15) is 9.59 Å². The van der Waals surface area contributed by atoms with Gasteiger partial charge in [0.1, 0.15) is 12.1 Å². The highest BCUT2D eigenvalue weighted by Crippen LogP contribution is 2.04. The molecule has 0 bridgehead atoms. The Morgan fingerprint density at radius 3 is 2.59 bits per heavy atom. The quantitative estimate of drug-likeness (QED) is 0.699. The number of aromatic nitrogens is 3. The Labute approximate surface area is 125 Å². The molecule has 7 heteroatoms. The molecule has 1 aromatic heterocycles. The third kappa shape index (κ3) is 2.93. The average molecular weight is 295 g/mol. The van der Waals surface area contributed by atoms with Crippen LogP contribution in [0.1, 0.15) is 0 Å². The number of para-hydroxylation sites is 1.